The first-order valence-electron chi connectivity index (χ1n) is 9.97. The van der Waals surface area contributed by atoms with Gasteiger partial charge < -0.3 is 10.2 Å². The fourth-order valence-electron chi connectivity index (χ4n) is 3.78. The van der Waals surface area contributed by atoms with Crippen LogP contribution in [0.5, 0.6) is 0 Å². The van der Waals surface area contributed by atoms with Crippen molar-refractivity contribution in [1.29, 1.82) is 0 Å². The molecule has 0 spiro atoms. The molecule has 2 amide bonds. The van der Waals surface area contributed by atoms with E-state index in [2.05, 4.69) is 5.32 Å². The number of hydrogen-bond acceptors (Lipinski definition) is 4. The minimum absolute atomic E-state index is 0.122. The molecule has 2 heterocycles. The Labute approximate surface area is 178 Å². The third-order valence-corrected chi connectivity index (χ3v) is 7.08. The second-order valence-electron chi connectivity index (χ2n) is 7.74. The van der Waals surface area contributed by atoms with Crippen LogP contribution in [0.25, 0.3) is 0 Å². The summed E-state index contributed by atoms with van der Waals surface area (Å²) in [4.78, 5) is 31.3. The molecule has 0 radical (unpaired) electrons. The van der Waals surface area contributed by atoms with Crippen molar-refractivity contribution in [1.82, 2.24) is 15.2 Å². The number of likely N-dealkylation sites (tertiary alicyclic amines) is 1. The number of amides is 2. The smallest absolute Gasteiger partial charge is 0.255 e. The number of carbonyl (C=O) groups excluding carboxylic acids is 2. The summed E-state index contributed by atoms with van der Waals surface area (Å²) in [6, 6.07) is 3.86. The molecule has 2 aliphatic rings. The molecule has 29 heavy (non-hydrogen) atoms. The number of carbonyl (C=O) groups is 2. The lowest BCUT2D eigenvalue weighted by Gasteiger charge is -2.32. The van der Waals surface area contributed by atoms with Crippen molar-refractivity contribution in [3.63, 3.8) is 0 Å². The highest BCUT2D eigenvalue weighted by molar-refractivity contribution is 7.09. The van der Waals surface area contributed by atoms with Gasteiger partial charge in [0.25, 0.3) is 5.91 Å². The minimum Gasteiger partial charge on any atom is -0.350 e. The summed E-state index contributed by atoms with van der Waals surface area (Å²) < 4.78 is 13.3. The first-order valence-corrected chi connectivity index (χ1v) is 11.2. The summed E-state index contributed by atoms with van der Waals surface area (Å²) in [5.41, 5.74) is 1.19. The third-order valence-electron chi connectivity index (χ3n) is 5.71. The van der Waals surface area contributed by atoms with Gasteiger partial charge >= 0.3 is 0 Å². The van der Waals surface area contributed by atoms with Crippen molar-refractivity contribution in [3.8, 4) is 0 Å². The van der Waals surface area contributed by atoms with Crippen molar-refractivity contribution in [3.05, 3.63) is 50.7 Å². The van der Waals surface area contributed by atoms with Crippen molar-refractivity contribution < 1.29 is 14.0 Å². The molecule has 2 fully saturated rings. The van der Waals surface area contributed by atoms with E-state index in [4.69, 9.17) is 16.6 Å². The Balaban J connectivity index is 1.37. The summed E-state index contributed by atoms with van der Waals surface area (Å²) in [5, 5.41) is 6.07. The predicted octanol–water partition coefficient (Wildman–Crippen LogP) is 4.37. The van der Waals surface area contributed by atoms with Crippen molar-refractivity contribution in [2.24, 2.45) is 5.92 Å². The number of hydrogen-bond donors (Lipinski definition) is 1. The highest BCUT2D eigenvalue weighted by atomic mass is 35.5. The van der Waals surface area contributed by atoms with Crippen LogP contribution in [0.15, 0.2) is 23.6 Å². The molecule has 154 valence electrons. The number of nitrogens with one attached hydrogen (secondary N) is 1. The fraction of sp³-hybridized carbons (Fsp3) is 0.476. The molecular formula is C21H23ClFN3O2S. The van der Waals surface area contributed by atoms with Gasteiger partial charge in [0.15, 0.2) is 0 Å². The van der Waals surface area contributed by atoms with Gasteiger partial charge in [0, 0.05) is 30.3 Å². The maximum absolute atomic E-state index is 13.3. The Morgan fingerprint density at radius 2 is 2.10 bits per heavy atom. The molecule has 1 atom stereocenters. The van der Waals surface area contributed by atoms with Crippen LogP contribution in [0, 0.1) is 11.7 Å². The molecular weight excluding hydrogens is 413 g/mol. The maximum atomic E-state index is 13.3. The Kier molecular flexibility index (Phi) is 6.15. The van der Waals surface area contributed by atoms with E-state index in [0.717, 1.165) is 42.8 Å². The Morgan fingerprint density at radius 1 is 1.28 bits per heavy atom. The van der Waals surface area contributed by atoms with E-state index in [1.54, 1.807) is 16.2 Å². The molecule has 8 heteroatoms. The van der Waals surface area contributed by atoms with Gasteiger partial charge in [-0.3, -0.25) is 9.59 Å². The Bertz CT molecular complexity index is 915. The van der Waals surface area contributed by atoms with Crippen LogP contribution in [0.3, 0.4) is 0 Å². The minimum atomic E-state index is -0.456. The second-order valence-corrected chi connectivity index (χ2v) is 9.03. The number of benzene rings is 1. The van der Waals surface area contributed by atoms with Gasteiger partial charge in [0.1, 0.15) is 5.82 Å². The van der Waals surface area contributed by atoms with Crippen LogP contribution in [0.4, 0.5) is 4.39 Å². The highest BCUT2D eigenvalue weighted by Gasteiger charge is 2.29. The summed E-state index contributed by atoms with van der Waals surface area (Å²) >= 11 is 7.64. The molecule has 1 aliphatic heterocycles. The molecule has 0 bridgehead atoms. The average molecular weight is 436 g/mol. The topological polar surface area (TPSA) is 62.3 Å². The Hall–Kier alpha value is -1.99. The zero-order chi connectivity index (χ0) is 20.4. The van der Waals surface area contributed by atoms with Gasteiger partial charge in [0.05, 0.1) is 27.8 Å². The van der Waals surface area contributed by atoms with Crippen LogP contribution in [0.2, 0.25) is 5.02 Å². The van der Waals surface area contributed by atoms with Crippen LogP contribution >= 0.6 is 22.9 Å². The number of piperidine rings is 1. The van der Waals surface area contributed by atoms with E-state index in [9.17, 15) is 14.0 Å². The van der Waals surface area contributed by atoms with Gasteiger partial charge in [0.2, 0.25) is 5.91 Å². The highest BCUT2D eigenvalue weighted by Crippen LogP contribution is 2.31. The number of halogens is 2. The van der Waals surface area contributed by atoms with Crippen LogP contribution < -0.4 is 5.32 Å². The van der Waals surface area contributed by atoms with E-state index in [0.29, 0.717) is 25.2 Å². The molecule has 5 nitrogen and oxygen atoms in total. The zero-order valence-corrected chi connectivity index (χ0v) is 17.6. The molecule has 0 unspecified atom stereocenters. The van der Waals surface area contributed by atoms with Gasteiger partial charge in [-0.25, -0.2) is 9.37 Å². The summed E-state index contributed by atoms with van der Waals surface area (Å²) in [6.07, 6.45) is 4.94. The van der Waals surface area contributed by atoms with E-state index in [1.807, 2.05) is 5.38 Å². The van der Waals surface area contributed by atoms with Gasteiger partial charge in [-0.05, 0) is 43.9 Å². The maximum Gasteiger partial charge on any atom is 0.255 e. The van der Waals surface area contributed by atoms with Gasteiger partial charge in [-0.1, -0.05) is 18.0 Å². The lowest BCUT2D eigenvalue weighted by Crippen LogP contribution is -2.39. The normalized spacial score (nSPS) is 19.7. The molecule has 4 rings (SSSR count). The monoisotopic (exact) mass is 435 g/mol. The number of thiazole rings is 1. The van der Waals surface area contributed by atoms with Crippen molar-refractivity contribution in [2.75, 3.05) is 13.1 Å². The van der Waals surface area contributed by atoms with Crippen LogP contribution in [-0.4, -0.2) is 34.8 Å². The van der Waals surface area contributed by atoms with Gasteiger partial charge in [-0.15, -0.1) is 11.3 Å². The second kappa shape index (κ2) is 8.79. The Morgan fingerprint density at radius 3 is 2.83 bits per heavy atom. The third kappa shape index (κ3) is 4.61. The quantitative estimate of drug-likeness (QED) is 0.758. The predicted molar refractivity (Wildman–Crippen MR) is 111 cm³/mol. The molecule has 1 aliphatic carbocycles. The molecule has 2 aromatic rings. The van der Waals surface area contributed by atoms with Gasteiger partial charge in [-0.2, -0.15) is 0 Å². The summed E-state index contributed by atoms with van der Waals surface area (Å²) in [5.74, 6) is -0.180. The largest absolute Gasteiger partial charge is 0.350 e. The summed E-state index contributed by atoms with van der Waals surface area (Å²) in [6.45, 7) is 1.67. The molecule has 1 N–H and O–H groups in total. The summed E-state index contributed by atoms with van der Waals surface area (Å²) in [7, 11) is 0. The van der Waals surface area contributed by atoms with E-state index >= 15 is 0 Å². The lowest BCUT2D eigenvalue weighted by atomic mass is 9.85. The molecule has 1 saturated carbocycles. The average Bonchev–Trinajstić information content (AvgIpc) is 3.14. The number of aromatic nitrogens is 1. The number of nitrogens with zero attached hydrogens (tertiary/aromatic N) is 2. The first kappa shape index (κ1) is 20.3. The molecule has 1 aromatic carbocycles. The number of rotatable bonds is 5. The first-order chi connectivity index (χ1) is 14.0. The van der Waals surface area contributed by atoms with Crippen LogP contribution in [0.1, 0.15) is 59.1 Å². The van der Waals surface area contributed by atoms with Crippen LogP contribution in [-0.2, 0) is 11.3 Å². The standard InChI is InChI=1S/C21H23ClFN3O2S/c22-18-9-15(23)6-7-17(18)21(28)26-8-2-5-14(11-26)20-25-16(12-29-20)10-24-19(27)13-3-1-4-13/h6-7,9,12-14H,1-5,8,10-11H2,(H,24,27)/t14-/m1/s1. The van der Waals surface area contributed by atoms with E-state index < -0.39 is 5.82 Å². The van der Waals surface area contributed by atoms with E-state index in [-0.39, 0.29) is 28.7 Å². The molecule has 1 aromatic heterocycles. The van der Waals surface area contributed by atoms with Crippen molar-refractivity contribution in [2.45, 2.75) is 44.6 Å². The lowest BCUT2D eigenvalue weighted by molar-refractivity contribution is -0.127. The zero-order valence-electron chi connectivity index (χ0n) is 16.0. The fourth-order valence-corrected chi connectivity index (χ4v) is 4.98. The van der Waals surface area contributed by atoms with E-state index in [1.165, 1.54) is 18.2 Å². The SMILES string of the molecule is O=C(NCc1csc([C@@H]2CCCN(C(=O)c3ccc(F)cc3Cl)C2)n1)C1CCC1. The van der Waals surface area contributed by atoms with Crippen molar-refractivity contribution >= 4 is 34.8 Å². The molecule has 1 saturated heterocycles.